The molecule has 30 heavy (non-hydrogen) atoms. The molecule has 5 rings (SSSR count). The van der Waals surface area contributed by atoms with E-state index in [-0.39, 0.29) is 18.2 Å². The number of hydrogen-bond donors (Lipinski definition) is 1. The first-order valence-corrected chi connectivity index (χ1v) is 9.64. The molecule has 3 heterocycles. The summed E-state index contributed by atoms with van der Waals surface area (Å²) in [6.45, 7) is 6.06. The molecule has 6 nitrogen and oxygen atoms in total. The Hall–Kier alpha value is -3.74. The van der Waals surface area contributed by atoms with Crippen molar-refractivity contribution in [2.45, 2.75) is 18.8 Å². The maximum atomic E-state index is 13.8. The second kappa shape index (κ2) is 6.38. The van der Waals surface area contributed by atoms with E-state index in [1.807, 2.05) is 25.1 Å². The molecule has 1 atom stereocenters. The minimum Gasteiger partial charge on any atom is -0.310 e. The van der Waals surface area contributed by atoms with Gasteiger partial charge in [0, 0.05) is 24.2 Å². The number of nitrogens with zero attached hydrogens (tertiary/aromatic N) is 3. The molecule has 0 unspecified atom stereocenters. The standard InChI is InChI=1S/C23H19FN4O2/c1-3-9-27-19-8-7-14(2)10-17(19)23(22(27)30)12-20(29)26-21-18(23)13-25-28(21)16-6-4-5-15(24)11-16/h3-8,10-11,13H,1,9,12H2,2H3,(H,26,29)/t23-/m1/s1. The van der Waals surface area contributed by atoms with Gasteiger partial charge in [-0.05, 0) is 36.8 Å². The highest BCUT2D eigenvalue weighted by Gasteiger charge is 2.57. The monoisotopic (exact) mass is 402 g/mol. The molecular weight excluding hydrogens is 383 g/mol. The summed E-state index contributed by atoms with van der Waals surface area (Å²) >= 11 is 0. The van der Waals surface area contributed by atoms with Crippen LogP contribution in [0.5, 0.6) is 0 Å². The lowest BCUT2D eigenvalue weighted by Gasteiger charge is -2.32. The predicted molar refractivity (Wildman–Crippen MR) is 111 cm³/mol. The van der Waals surface area contributed by atoms with Crippen molar-refractivity contribution >= 4 is 23.3 Å². The molecule has 150 valence electrons. The normalized spacial score (nSPS) is 19.6. The number of halogens is 1. The summed E-state index contributed by atoms with van der Waals surface area (Å²) in [7, 11) is 0. The van der Waals surface area contributed by atoms with E-state index < -0.39 is 11.2 Å². The van der Waals surface area contributed by atoms with Gasteiger partial charge in [0.2, 0.25) is 11.8 Å². The summed E-state index contributed by atoms with van der Waals surface area (Å²) in [4.78, 5) is 28.2. The quantitative estimate of drug-likeness (QED) is 0.682. The van der Waals surface area contributed by atoms with Gasteiger partial charge < -0.3 is 10.2 Å². The van der Waals surface area contributed by atoms with Crippen LogP contribution in [-0.2, 0) is 15.0 Å². The van der Waals surface area contributed by atoms with Crippen LogP contribution in [0.2, 0.25) is 0 Å². The number of amides is 2. The lowest BCUT2D eigenvalue weighted by Crippen LogP contribution is -2.46. The van der Waals surface area contributed by atoms with Crippen LogP contribution in [0, 0.1) is 12.7 Å². The molecule has 1 aromatic heterocycles. The number of benzene rings is 2. The molecule has 7 heteroatoms. The third kappa shape index (κ3) is 2.38. The highest BCUT2D eigenvalue weighted by molar-refractivity contribution is 6.16. The molecular formula is C23H19FN4O2. The van der Waals surface area contributed by atoms with Gasteiger partial charge in [0.15, 0.2) is 0 Å². The van der Waals surface area contributed by atoms with E-state index in [0.717, 1.165) is 16.8 Å². The van der Waals surface area contributed by atoms with Gasteiger partial charge in [-0.15, -0.1) is 6.58 Å². The third-order valence-electron chi connectivity index (χ3n) is 5.79. The van der Waals surface area contributed by atoms with Crippen molar-refractivity contribution in [3.63, 3.8) is 0 Å². The van der Waals surface area contributed by atoms with Gasteiger partial charge in [0.1, 0.15) is 17.1 Å². The topological polar surface area (TPSA) is 67.2 Å². The first kappa shape index (κ1) is 18.3. The fourth-order valence-corrected chi connectivity index (χ4v) is 4.52. The highest BCUT2D eigenvalue weighted by atomic mass is 19.1. The van der Waals surface area contributed by atoms with Crippen LogP contribution in [0.4, 0.5) is 15.9 Å². The lowest BCUT2D eigenvalue weighted by molar-refractivity contribution is -0.126. The lowest BCUT2D eigenvalue weighted by atomic mass is 9.71. The second-order valence-corrected chi connectivity index (χ2v) is 7.65. The molecule has 0 radical (unpaired) electrons. The van der Waals surface area contributed by atoms with Gasteiger partial charge in [0.25, 0.3) is 0 Å². The number of fused-ring (bicyclic) bond motifs is 4. The van der Waals surface area contributed by atoms with Crippen molar-refractivity contribution in [2.75, 3.05) is 16.8 Å². The number of aryl methyl sites for hydroxylation is 1. The van der Waals surface area contributed by atoms with Crippen molar-refractivity contribution in [2.24, 2.45) is 0 Å². The SMILES string of the molecule is C=CCN1C(=O)[C@]2(CC(=O)Nc3c2cnn3-c2cccc(F)c2)c2cc(C)ccc21. The Morgan fingerprint density at radius 1 is 1.23 bits per heavy atom. The van der Waals surface area contributed by atoms with Crippen molar-refractivity contribution in [3.05, 3.63) is 83.8 Å². The van der Waals surface area contributed by atoms with E-state index in [1.165, 1.54) is 16.8 Å². The van der Waals surface area contributed by atoms with Gasteiger partial charge in [0.05, 0.1) is 11.9 Å². The Kier molecular flexibility index (Phi) is 3.89. The second-order valence-electron chi connectivity index (χ2n) is 7.65. The van der Waals surface area contributed by atoms with E-state index in [9.17, 15) is 14.0 Å². The molecule has 0 saturated carbocycles. The Labute approximate surface area is 172 Å². The van der Waals surface area contributed by atoms with Crippen LogP contribution in [0.3, 0.4) is 0 Å². The summed E-state index contributed by atoms with van der Waals surface area (Å²) in [5, 5.41) is 7.25. The van der Waals surface area contributed by atoms with Crippen LogP contribution in [-0.4, -0.2) is 28.1 Å². The van der Waals surface area contributed by atoms with E-state index in [1.54, 1.807) is 29.3 Å². The van der Waals surface area contributed by atoms with Gasteiger partial charge in [-0.3, -0.25) is 9.59 Å². The first-order chi connectivity index (χ1) is 14.5. The molecule has 2 amide bonds. The fourth-order valence-electron chi connectivity index (χ4n) is 4.52. The Morgan fingerprint density at radius 3 is 2.83 bits per heavy atom. The van der Waals surface area contributed by atoms with Crippen LogP contribution >= 0.6 is 0 Å². The van der Waals surface area contributed by atoms with Crippen LogP contribution in [0.1, 0.15) is 23.1 Å². The maximum Gasteiger partial charge on any atom is 0.243 e. The summed E-state index contributed by atoms with van der Waals surface area (Å²) in [6.07, 6.45) is 3.25. The Morgan fingerprint density at radius 2 is 2.07 bits per heavy atom. The molecule has 3 aromatic rings. The van der Waals surface area contributed by atoms with E-state index in [2.05, 4.69) is 17.0 Å². The van der Waals surface area contributed by atoms with Crippen LogP contribution < -0.4 is 10.2 Å². The fraction of sp³-hybridized carbons (Fsp3) is 0.174. The molecule has 0 saturated heterocycles. The Bertz CT molecular complexity index is 1230. The van der Waals surface area contributed by atoms with Crippen LogP contribution in [0.15, 0.2) is 61.3 Å². The summed E-state index contributed by atoms with van der Waals surface area (Å²) in [6, 6.07) is 11.8. The first-order valence-electron chi connectivity index (χ1n) is 9.64. The summed E-state index contributed by atoms with van der Waals surface area (Å²) in [5.74, 6) is -0.499. The minimum absolute atomic E-state index is 0.0161. The predicted octanol–water partition coefficient (Wildman–Crippen LogP) is 3.48. The molecule has 0 bridgehead atoms. The van der Waals surface area contributed by atoms with Crippen molar-refractivity contribution in [3.8, 4) is 5.69 Å². The molecule has 0 fully saturated rings. The van der Waals surface area contributed by atoms with Gasteiger partial charge in [-0.1, -0.05) is 29.8 Å². The largest absolute Gasteiger partial charge is 0.310 e. The molecule has 1 spiro atoms. The molecule has 0 aliphatic carbocycles. The summed E-state index contributed by atoms with van der Waals surface area (Å²) in [5.41, 5.74) is 2.44. The van der Waals surface area contributed by atoms with E-state index in [0.29, 0.717) is 23.6 Å². The number of carbonyl (C=O) groups is 2. The van der Waals surface area contributed by atoms with Crippen molar-refractivity contribution in [1.29, 1.82) is 0 Å². The smallest absolute Gasteiger partial charge is 0.243 e. The zero-order valence-electron chi connectivity index (χ0n) is 16.4. The van der Waals surface area contributed by atoms with Gasteiger partial charge in [-0.2, -0.15) is 5.10 Å². The number of hydrogen-bond acceptors (Lipinski definition) is 3. The van der Waals surface area contributed by atoms with E-state index in [4.69, 9.17) is 0 Å². The number of rotatable bonds is 3. The number of nitrogens with one attached hydrogen (secondary N) is 1. The molecule has 1 N–H and O–H groups in total. The maximum absolute atomic E-state index is 13.8. The Balaban J connectivity index is 1.78. The molecule has 2 aliphatic heterocycles. The zero-order valence-corrected chi connectivity index (χ0v) is 16.4. The third-order valence-corrected chi connectivity index (χ3v) is 5.79. The molecule has 2 aliphatic rings. The average molecular weight is 402 g/mol. The minimum atomic E-state index is -1.17. The molecule has 2 aromatic carbocycles. The number of carbonyl (C=O) groups excluding carboxylic acids is 2. The number of aromatic nitrogens is 2. The average Bonchev–Trinajstić information content (AvgIpc) is 3.23. The van der Waals surface area contributed by atoms with Crippen LogP contribution in [0.25, 0.3) is 5.69 Å². The highest BCUT2D eigenvalue weighted by Crippen LogP contribution is 2.52. The summed E-state index contributed by atoms with van der Waals surface area (Å²) < 4.78 is 15.3. The van der Waals surface area contributed by atoms with E-state index >= 15 is 0 Å². The van der Waals surface area contributed by atoms with Gasteiger partial charge >= 0.3 is 0 Å². The van der Waals surface area contributed by atoms with Gasteiger partial charge in [-0.25, -0.2) is 9.07 Å². The van der Waals surface area contributed by atoms with Crippen molar-refractivity contribution in [1.82, 2.24) is 9.78 Å². The number of anilines is 2. The zero-order chi connectivity index (χ0) is 21.0. The van der Waals surface area contributed by atoms with Crippen molar-refractivity contribution < 1.29 is 14.0 Å².